The highest BCUT2D eigenvalue weighted by atomic mass is 35.5. The zero-order valence-corrected chi connectivity index (χ0v) is 29.9. The third kappa shape index (κ3) is 6.67. The minimum Gasteiger partial charge on any atom is -0.461 e. The van der Waals surface area contributed by atoms with E-state index in [-0.39, 0.29) is 35.1 Å². The van der Waals surface area contributed by atoms with Gasteiger partial charge in [0.05, 0.1) is 42.7 Å². The van der Waals surface area contributed by atoms with Crippen molar-refractivity contribution < 1.29 is 18.7 Å². The van der Waals surface area contributed by atoms with Crippen molar-refractivity contribution in [3.05, 3.63) is 65.6 Å². The van der Waals surface area contributed by atoms with Crippen molar-refractivity contribution in [2.45, 2.75) is 43.7 Å². The standard InChI is InChI=1S/C39H42ClFN8O3/c40-31-9-2-7-27-6-1-8-29(33(27)31)35-34(41)36-30(24-43-35)37(45-38(44-36)52-26-39-12-4-16-48(39)17-5-13-39)47-18-19-49(28(25-47)11-14-42)32(50)10-3-15-46-20-22-51-23-21-46/h1-3,6-10,24,28H,4-5,11-13,15-23,25-26H2/b10-3+/t28-/m0/s1. The number of hydrogen-bond donors (Lipinski definition) is 0. The number of hydrogen-bond acceptors (Lipinski definition) is 10. The van der Waals surface area contributed by atoms with Crippen molar-refractivity contribution in [2.24, 2.45) is 0 Å². The Balaban J connectivity index is 1.13. The molecule has 4 aromatic rings. The van der Waals surface area contributed by atoms with Crippen molar-refractivity contribution in [1.29, 1.82) is 5.26 Å². The van der Waals surface area contributed by atoms with Gasteiger partial charge in [-0.05, 0) is 50.2 Å². The molecule has 270 valence electrons. The normalized spacial score (nSPS) is 20.9. The number of benzene rings is 2. The minimum atomic E-state index is -0.590. The van der Waals surface area contributed by atoms with Crippen LogP contribution in [0.15, 0.2) is 54.7 Å². The Morgan fingerprint density at radius 3 is 2.65 bits per heavy atom. The number of ether oxygens (including phenoxy) is 2. The van der Waals surface area contributed by atoms with E-state index in [1.807, 2.05) is 41.3 Å². The number of aromatic nitrogens is 3. The smallest absolute Gasteiger partial charge is 0.319 e. The highest BCUT2D eigenvalue weighted by molar-refractivity contribution is 6.36. The van der Waals surface area contributed by atoms with Gasteiger partial charge in [0, 0.05) is 67.5 Å². The van der Waals surface area contributed by atoms with E-state index in [4.69, 9.17) is 31.0 Å². The third-order valence-corrected chi connectivity index (χ3v) is 11.5. The van der Waals surface area contributed by atoms with Crippen LogP contribution in [-0.4, -0.2) is 119 Å². The number of amides is 1. The van der Waals surface area contributed by atoms with E-state index in [1.165, 1.54) is 0 Å². The first-order chi connectivity index (χ1) is 25.4. The zero-order valence-electron chi connectivity index (χ0n) is 29.1. The second kappa shape index (κ2) is 14.9. The van der Waals surface area contributed by atoms with Crippen molar-refractivity contribution >= 4 is 45.0 Å². The van der Waals surface area contributed by atoms with Gasteiger partial charge in [0.2, 0.25) is 5.91 Å². The molecule has 8 rings (SSSR count). The van der Waals surface area contributed by atoms with E-state index in [9.17, 15) is 10.1 Å². The number of pyridine rings is 1. The molecule has 1 atom stereocenters. The fraction of sp³-hybridized carbons (Fsp3) is 0.462. The average molecular weight is 725 g/mol. The summed E-state index contributed by atoms with van der Waals surface area (Å²) in [7, 11) is 0. The molecule has 6 heterocycles. The van der Waals surface area contributed by atoms with Gasteiger partial charge >= 0.3 is 6.01 Å². The summed E-state index contributed by atoms with van der Waals surface area (Å²) >= 11 is 6.65. The molecule has 4 aliphatic heterocycles. The maximum Gasteiger partial charge on any atom is 0.319 e. The van der Waals surface area contributed by atoms with Crippen LogP contribution in [0.3, 0.4) is 0 Å². The molecule has 13 heteroatoms. The van der Waals surface area contributed by atoms with Gasteiger partial charge in [0.1, 0.15) is 23.6 Å². The average Bonchev–Trinajstić information content (AvgIpc) is 3.75. The Morgan fingerprint density at radius 2 is 1.87 bits per heavy atom. The summed E-state index contributed by atoms with van der Waals surface area (Å²) in [6.45, 7) is 7.37. The van der Waals surface area contributed by atoms with Crippen LogP contribution in [0.2, 0.25) is 5.02 Å². The van der Waals surface area contributed by atoms with E-state index in [2.05, 4.69) is 20.9 Å². The Bertz CT molecular complexity index is 2030. The Hall–Kier alpha value is -4.41. The number of morpholine rings is 1. The molecule has 52 heavy (non-hydrogen) atoms. The molecule has 2 aromatic carbocycles. The topological polar surface area (TPSA) is 111 Å². The van der Waals surface area contributed by atoms with Gasteiger partial charge in [-0.15, -0.1) is 0 Å². The molecule has 1 amide bonds. The van der Waals surface area contributed by atoms with Crippen LogP contribution < -0.4 is 9.64 Å². The molecule has 0 saturated carbocycles. The fourth-order valence-electron chi connectivity index (χ4n) is 8.47. The zero-order chi connectivity index (χ0) is 35.7. The number of nitriles is 1. The molecule has 4 aliphatic rings. The lowest BCUT2D eigenvalue weighted by Crippen LogP contribution is -2.55. The van der Waals surface area contributed by atoms with Crippen LogP contribution >= 0.6 is 11.6 Å². The predicted molar refractivity (Wildman–Crippen MR) is 198 cm³/mol. The summed E-state index contributed by atoms with van der Waals surface area (Å²) in [5, 5.41) is 12.3. The number of carbonyl (C=O) groups is 1. The van der Waals surface area contributed by atoms with Gasteiger partial charge in [0.15, 0.2) is 5.82 Å². The fourth-order valence-corrected chi connectivity index (χ4v) is 8.75. The van der Waals surface area contributed by atoms with Crippen LogP contribution in [0.5, 0.6) is 6.01 Å². The van der Waals surface area contributed by atoms with Crippen molar-refractivity contribution in [3.8, 4) is 23.3 Å². The molecule has 0 radical (unpaired) electrons. The molecule has 4 fully saturated rings. The van der Waals surface area contributed by atoms with E-state index in [0.717, 1.165) is 57.2 Å². The van der Waals surface area contributed by atoms with E-state index in [0.29, 0.717) is 73.2 Å². The summed E-state index contributed by atoms with van der Waals surface area (Å²) in [6, 6.07) is 13.2. The highest BCUT2D eigenvalue weighted by Gasteiger charge is 2.45. The Morgan fingerprint density at radius 1 is 1.08 bits per heavy atom. The van der Waals surface area contributed by atoms with E-state index < -0.39 is 11.9 Å². The summed E-state index contributed by atoms with van der Waals surface area (Å²) in [5.74, 6) is -0.250. The van der Waals surface area contributed by atoms with Crippen LogP contribution in [-0.2, 0) is 9.53 Å². The predicted octanol–water partition coefficient (Wildman–Crippen LogP) is 5.46. The number of anilines is 1. The molecule has 0 N–H and O–H groups in total. The summed E-state index contributed by atoms with van der Waals surface area (Å²) in [5.41, 5.74) is 0.751. The van der Waals surface area contributed by atoms with Crippen molar-refractivity contribution in [1.82, 2.24) is 29.7 Å². The Kier molecular flexibility index (Phi) is 9.94. The van der Waals surface area contributed by atoms with Crippen molar-refractivity contribution in [3.63, 3.8) is 0 Å². The molecule has 0 aliphatic carbocycles. The van der Waals surface area contributed by atoms with Gasteiger partial charge in [-0.2, -0.15) is 15.2 Å². The van der Waals surface area contributed by atoms with Crippen LogP contribution in [0.25, 0.3) is 32.9 Å². The number of nitrogens with zero attached hydrogens (tertiary/aromatic N) is 8. The number of rotatable bonds is 9. The third-order valence-electron chi connectivity index (χ3n) is 11.2. The van der Waals surface area contributed by atoms with Gasteiger partial charge in [-0.1, -0.05) is 48.0 Å². The quantitative estimate of drug-likeness (QED) is 0.206. The van der Waals surface area contributed by atoms with Crippen LogP contribution in [0.4, 0.5) is 10.2 Å². The minimum absolute atomic E-state index is 0.0562. The number of halogens is 2. The molecule has 0 unspecified atom stereocenters. The summed E-state index contributed by atoms with van der Waals surface area (Å²) < 4.78 is 28.8. The second-order valence-corrected chi connectivity index (χ2v) is 14.6. The summed E-state index contributed by atoms with van der Waals surface area (Å²) in [6.07, 6.45) is 9.58. The van der Waals surface area contributed by atoms with Crippen LogP contribution in [0.1, 0.15) is 32.1 Å². The lowest BCUT2D eigenvalue weighted by Gasteiger charge is -2.41. The first-order valence-corrected chi connectivity index (χ1v) is 18.6. The lowest BCUT2D eigenvalue weighted by atomic mass is 9.95. The van der Waals surface area contributed by atoms with Crippen LogP contribution in [0, 0.1) is 17.1 Å². The molecule has 0 spiro atoms. The molecule has 2 aromatic heterocycles. The maximum atomic E-state index is 16.9. The first kappa shape index (κ1) is 34.7. The van der Waals surface area contributed by atoms with Gasteiger partial charge < -0.3 is 19.3 Å². The van der Waals surface area contributed by atoms with E-state index >= 15 is 4.39 Å². The summed E-state index contributed by atoms with van der Waals surface area (Å²) in [4.78, 5) is 36.2. The Labute approximate surface area is 307 Å². The molecular formula is C39H42ClFN8O3. The maximum absolute atomic E-state index is 16.9. The number of fused-ring (bicyclic) bond motifs is 3. The van der Waals surface area contributed by atoms with Crippen molar-refractivity contribution in [2.75, 3.05) is 77.1 Å². The van der Waals surface area contributed by atoms with Gasteiger partial charge in [-0.25, -0.2) is 4.39 Å². The van der Waals surface area contributed by atoms with Gasteiger partial charge in [0.25, 0.3) is 0 Å². The first-order valence-electron chi connectivity index (χ1n) is 18.2. The molecular weight excluding hydrogens is 683 g/mol. The monoisotopic (exact) mass is 724 g/mol. The lowest BCUT2D eigenvalue weighted by molar-refractivity contribution is -0.128. The number of carbonyl (C=O) groups excluding carboxylic acids is 1. The highest BCUT2D eigenvalue weighted by Crippen LogP contribution is 2.40. The second-order valence-electron chi connectivity index (χ2n) is 14.2. The molecule has 4 saturated heterocycles. The molecule has 11 nitrogen and oxygen atoms in total. The number of piperazine rings is 1. The van der Waals surface area contributed by atoms with E-state index in [1.54, 1.807) is 23.2 Å². The molecule has 0 bridgehead atoms. The van der Waals surface area contributed by atoms with Gasteiger partial charge in [-0.3, -0.25) is 19.6 Å². The largest absolute Gasteiger partial charge is 0.461 e. The SMILES string of the molecule is N#CC[C@H]1CN(c2nc(OCC34CCCN3CCC4)nc3c(F)c(-c4cccc5cccc(Cl)c45)ncc23)CCN1C(=O)/C=C/CN1CCOCC1.